The molecule has 0 amide bonds. The summed E-state index contributed by atoms with van der Waals surface area (Å²) in [6.07, 6.45) is 0.157. The number of carboxylic acids is 1. The van der Waals surface area contributed by atoms with Gasteiger partial charge in [0.25, 0.3) is 0 Å². The molecule has 0 radical (unpaired) electrons. The van der Waals surface area contributed by atoms with Gasteiger partial charge in [-0.2, -0.15) is 0 Å². The van der Waals surface area contributed by atoms with Crippen molar-refractivity contribution in [2.24, 2.45) is 0 Å². The molecule has 1 N–H and O–H groups in total. The molecular formula is C11H7F5O2. The molecule has 18 heavy (non-hydrogen) atoms. The zero-order chi connectivity index (χ0) is 14.0. The highest BCUT2D eigenvalue weighted by Crippen LogP contribution is 2.23. The summed E-state index contributed by atoms with van der Waals surface area (Å²) in [5.41, 5.74) is -1.33. The first kappa shape index (κ1) is 14.1. The Hall–Kier alpha value is -1.92. The summed E-state index contributed by atoms with van der Waals surface area (Å²) in [6.45, 7) is 1.13. The standard InChI is InChI=1S/C11H7F5O2/c1-4(11(17)18)2-3-5-6(12)8(14)10(16)9(15)7(5)13/h2H,3H2,1H3,(H,17,18). The maximum atomic E-state index is 13.2. The molecule has 98 valence electrons. The summed E-state index contributed by atoms with van der Waals surface area (Å²) in [5.74, 6) is -11.6. The van der Waals surface area contributed by atoms with E-state index in [0.717, 1.165) is 13.0 Å². The van der Waals surface area contributed by atoms with Crippen LogP contribution in [0.15, 0.2) is 11.6 Å². The first-order chi connectivity index (χ1) is 8.27. The normalized spacial score (nSPS) is 11.8. The number of aliphatic carboxylic acids is 1. The highest BCUT2D eigenvalue weighted by Gasteiger charge is 2.24. The van der Waals surface area contributed by atoms with Gasteiger partial charge in [-0.15, -0.1) is 0 Å². The zero-order valence-corrected chi connectivity index (χ0v) is 9.03. The van der Waals surface area contributed by atoms with Gasteiger partial charge in [0, 0.05) is 11.1 Å². The van der Waals surface area contributed by atoms with Crippen LogP contribution < -0.4 is 0 Å². The number of allylic oxidation sites excluding steroid dienone is 1. The lowest BCUT2D eigenvalue weighted by molar-refractivity contribution is -0.132. The third-order valence-electron chi connectivity index (χ3n) is 2.25. The average Bonchev–Trinajstić information content (AvgIpc) is 2.33. The van der Waals surface area contributed by atoms with E-state index in [1.54, 1.807) is 0 Å². The monoisotopic (exact) mass is 266 g/mol. The molecular weight excluding hydrogens is 259 g/mol. The number of hydrogen-bond acceptors (Lipinski definition) is 1. The smallest absolute Gasteiger partial charge is 0.330 e. The van der Waals surface area contributed by atoms with Gasteiger partial charge < -0.3 is 5.11 Å². The minimum absolute atomic E-state index is 0.265. The second-order valence-electron chi connectivity index (χ2n) is 3.44. The van der Waals surface area contributed by atoms with Gasteiger partial charge in [-0.25, -0.2) is 26.7 Å². The molecule has 2 nitrogen and oxygen atoms in total. The lowest BCUT2D eigenvalue weighted by atomic mass is 10.1. The highest BCUT2D eigenvalue weighted by atomic mass is 19.2. The quantitative estimate of drug-likeness (QED) is 0.395. The molecule has 0 atom stereocenters. The van der Waals surface area contributed by atoms with Crippen molar-refractivity contribution in [3.63, 3.8) is 0 Å². The molecule has 7 heteroatoms. The van der Waals surface area contributed by atoms with Crippen LogP contribution in [0.25, 0.3) is 0 Å². The minimum Gasteiger partial charge on any atom is -0.478 e. The molecule has 0 bridgehead atoms. The molecule has 0 fully saturated rings. The van der Waals surface area contributed by atoms with Gasteiger partial charge in [-0.05, 0) is 13.3 Å². The Morgan fingerprint density at radius 1 is 1.00 bits per heavy atom. The van der Waals surface area contributed by atoms with E-state index >= 15 is 0 Å². The molecule has 0 aliphatic heterocycles. The predicted octanol–water partition coefficient (Wildman–Crippen LogP) is 2.96. The molecule has 0 heterocycles. The number of rotatable bonds is 3. The largest absolute Gasteiger partial charge is 0.478 e. The minimum atomic E-state index is -2.24. The Labute approximate surface area is 98.3 Å². The van der Waals surface area contributed by atoms with E-state index in [0.29, 0.717) is 0 Å². The molecule has 0 aromatic heterocycles. The van der Waals surface area contributed by atoms with Crippen molar-refractivity contribution < 1.29 is 31.9 Å². The van der Waals surface area contributed by atoms with Crippen LogP contribution >= 0.6 is 0 Å². The van der Waals surface area contributed by atoms with Gasteiger partial charge in [0.2, 0.25) is 5.82 Å². The molecule has 1 aromatic carbocycles. The third-order valence-corrected chi connectivity index (χ3v) is 2.25. The van der Waals surface area contributed by atoms with E-state index < -0.39 is 47.0 Å². The van der Waals surface area contributed by atoms with E-state index in [9.17, 15) is 26.7 Å². The van der Waals surface area contributed by atoms with E-state index in [1.165, 1.54) is 0 Å². The van der Waals surface area contributed by atoms with Crippen molar-refractivity contribution in [2.45, 2.75) is 13.3 Å². The Kier molecular flexibility index (Phi) is 4.05. The van der Waals surface area contributed by atoms with Crippen LogP contribution in [0.3, 0.4) is 0 Å². The first-order valence-corrected chi connectivity index (χ1v) is 4.67. The maximum Gasteiger partial charge on any atom is 0.330 e. The first-order valence-electron chi connectivity index (χ1n) is 4.67. The van der Waals surface area contributed by atoms with Crippen LogP contribution in [0.5, 0.6) is 0 Å². The fourth-order valence-corrected chi connectivity index (χ4v) is 1.17. The van der Waals surface area contributed by atoms with E-state index in [2.05, 4.69) is 0 Å². The summed E-state index contributed by atoms with van der Waals surface area (Å²) >= 11 is 0. The molecule has 1 rings (SSSR count). The molecule has 0 saturated carbocycles. The van der Waals surface area contributed by atoms with Crippen molar-refractivity contribution in [1.82, 2.24) is 0 Å². The summed E-state index contributed by atoms with van der Waals surface area (Å²) in [7, 11) is 0. The van der Waals surface area contributed by atoms with Gasteiger partial charge in [0.1, 0.15) is 0 Å². The van der Waals surface area contributed by atoms with Crippen molar-refractivity contribution in [2.75, 3.05) is 0 Å². The summed E-state index contributed by atoms with van der Waals surface area (Å²) in [4.78, 5) is 10.4. The molecule has 0 saturated heterocycles. The number of hydrogen-bond donors (Lipinski definition) is 1. The van der Waals surface area contributed by atoms with Crippen LogP contribution in [-0.4, -0.2) is 11.1 Å². The second kappa shape index (κ2) is 5.16. The summed E-state index contributed by atoms with van der Waals surface area (Å²) in [5, 5.41) is 8.49. The predicted molar refractivity (Wildman–Crippen MR) is 51.3 cm³/mol. The highest BCUT2D eigenvalue weighted by molar-refractivity contribution is 5.85. The fourth-order valence-electron chi connectivity index (χ4n) is 1.17. The number of halogens is 5. The van der Waals surface area contributed by atoms with Crippen molar-refractivity contribution in [3.8, 4) is 0 Å². The van der Waals surface area contributed by atoms with Crippen molar-refractivity contribution in [1.29, 1.82) is 0 Å². The molecule has 1 aromatic rings. The molecule has 0 unspecified atom stereocenters. The Morgan fingerprint density at radius 2 is 1.39 bits per heavy atom. The van der Waals surface area contributed by atoms with Gasteiger partial charge in [-0.3, -0.25) is 0 Å². The van der Waals surface area contributed by atoms with Crippen molar-refractivity contribution >= 4 is 5.97 Å². The Morgan fingerprint density at radius 3 is 1.78 bits per heavy atom. The van der Waals surface area contributed by atoms with E-state index in [4.69, 9.17) is 5.11 Å². The van der Waals surface area contributed by atoms with Crippen LogP contribution in [0, 0.1) is 29.1 Å². The van der Waals surface area contributed by atoms with Gasteiger partial charge in [-0.1, -0.05) is 6.08 Å². The molecule has 0 spiro atoms. The summed E-state index contributed by atoms with van der Waals surface area (Å²) in [6, 6.07) is 0. The van der Waals surface area contributed by atoms with Crippen LogP contribution in [-0.2, 0) is 11.2 Å². The maximum absolute atomic E-state index is 13.2. The van der Waals surface area contributed by atoms with Crippen LogP contribution in [0.4, 0.5) is 22.0 Å². The zero-order valence-electron chi connectivity index (χ0n) is 9.03. The van der Waals surface area contributed by atoms with E-state index in [1.807, 2.05) is 0 Å². The average molecular weight is 266 g/mol. The summed E-state index contributed by atoms with van der Waals surface area (Å²) < 4.78 is 64.6. The Bertz CT molecular complexity index is 508. The molecule has 0 aliphatic carbocycles. The number of benzene rings is 1. The van der Waals surface area contributed by atoms with Gasteiger partial charge in [0.15, 0.2) is 23.3 Å². The Balaban J connectivity index is 3.27. The van der Waals surface area contributed by atoms with Crippen molar-refractivity contribution in [3.05, 3.63) is 46.3 Å². The lowest BCUT2D eigenvalue weighted by Crippen LogP contribution is -2.07. The van der Waals surface area contributed by atoms with Gasteiger partial charge in [0.05, 0.1) is 0 Å². The van der Waals surface area contributed by atoms with Crippen LogP contribution in [0.2, 0.25) is 0 Å². The van der Waals surface area contributed by atoms with Gasteiger partial charge >= 0.3 is 5.97 Å². The lowest BCUT2D eigenvalue weighted by Gasteiger charge is -2.06. The van der Waals surface area contributed by atoms with E-state index in [-0.39, 0.29) is 5.57 Å². The number of carbonyl (C=O) groups is 1. The number of carboxylic acid groups (broad SMARTS) is 1. The topological polar surface area (TPSA) is 37.3 Å². The second-order valence-corrected chi connectivity index (χ2v) is 3.44. The molecule has 0 aliphatic rings. The fraction of sp³-hybridized carbons (Fsp3) is 0.182. The third kappa shape index (κ3) is 2.49. The van der Waals surface area contributed by atoms with Crippen LogP contribution in [0.1, 0.15) is 12.5 Å². The SMILES string of the molecule is CC(=CCc1c(F)c(F)c(F)c(F)c1F)C(=O)O.